The Hall–Kier alpha value is -2.22. The van der Waals surface area contributed by atoms with Crippen LogP contribution in [-0.4, -0.2) is 40.0 Å². The lowest BCUT2D eigenvalue weighted by atomic mass is 10.2. The smallest absolute Gasteiger partial charge is 0.303 e. The number of aromatic nitrogens is 2. The summed E-state index contributed by atoms with van der Waals surface area (Å²) in [5.41, 5.74) is 1.12. The zero-order valence-electron chi connectivity index (χ0n) is 13.4. The van der Waals surface area contributed by atoms with Crippen LogP contribution in [0.15, 0.2) is 0 Å². The molecule has 0 saturated carbocycles. The van der Waals surface area contributed by atoms with Gasteiger partial charge in [-0.05, 0) is 32.8 Å². The molecule has 2 heterocycles. The third-order valence-electron chi connectivity index (χ3n) is 3.45. The van der Waals surface area contributed by atoms with Crippen molar-refractivity contribution in [3.05, 3.63) is 16.3 Å². The first-order valence-corrected chi connectivity index (χ1v) is 8.17. The molecule has 0 atom stereocenters. The molecule has 7 nitrogen and oxygen atoms in total. The van der Waals surface area contributed by atoms with E-state index in [1.807, 2.05) is 20.8 Å². The van der Waals surface area contributed by atoms with E-state index in [4.69, 9.17) is 5.11 Å². The summed E-state index contributed by atoms with van der Waals surface area (Å²) in [5.74, 6) is 0.266. The Bertz CT molecular complexity index is 742. The number of carbonyl (C=O) groups is 2. The number of aryl methyl sites for hydroxylation is 3. The number of carbonyl (C=O) groups excluding carboxylic acids is 1. The zero-order valence-corrected chi connectivity index (χ0v) is 14.2. The number of nitrogens with one attached hydrogen (secondary N) is 2. The van der Waals surface area contributed by atoms with Crippen molar-refractivity contribution < 1.29 is 14.7 Å². The SMILES string of the molecule is Cc1nc(NCC(=O)NCCCC(=O)O)c2c(C)c(C)sc2n1. The van der Waals surface area contributed by atoms with Crippen molar-refractivity contribution in [2.24, 2.45) is 0 Å². The van der Waals surface area contributed by atoms with Gasteiger partial charge in [-0.2, -0.15) is 0 Å². The van der Waals surface area contributed by atoms with Gasteiger partial charge < -0.3 is 15.7 Å². The van der Waals surface area contributed by atoms with Crippen molar-refractivity contribution in [1.29, 1.82) is 0 Å². The molecule has 2 rings (SSSR count). The van der Waals surface area contributed by atoms with Gasteiger partial charge in [0.1, 0.15) is 16.5 Å². The highest BCUT2D eigenvalue weighted by Crippen LogP contribution is 2.32. The van der Waals surface area contributed by atoms with Gasteiger partial charge >= 0.3 is 5.97 Å². The van der Waals surface area contributed by atoms with Crippen LogP contribution in [0.25, 0.3) is 10.2 Å². The molecule has 1 amide bonds. The lowest BCUT2D eigenvalue weighted by Crippen LogP contribution is -2.31. The normalized spacial score (nSPS) is 10.7. The van der Waals surface area contributed by atoms with Crippen LogP contribution < -0.4 is 10.6 Å². The van der Waals surface area contributed by atoms with Crippen molar-refractivity contribution in [3.8, 4) is 0 Å². The van der Waals surface area contributed by atoms with Crippen molar-refractivity contribution >= 4 is 39.2 Å². The summed E-state index contributed by atoms with van der Waals surface area (Å²) in [7, 11) is 0. The van der Waals surface area contributed by atoms with Crippen LogP contribution >= 0.6 is 11.3 Å². The number of fused-ring (bicyclic) bond motifs is 1. The van der Waals surface area contributed by atoms with Crippen LogP contribution in [0.3, 0.4) is 0 Å². The molecule has 0 saturated heterocycles. The number of hydrogen-bond donors (Lipinski definition) is 3. The molecule has 0 fully saturated rings. The second kappa shape index (κ2) is 7.36. The molecule has 0 aliphatic rings. The van der Waals surface area contributed by atoms with E-state index in [9.17, 15) is 9.59 Å². The predicted octanol–water partition coefficient (Wildman–Crippen LogP) is 2.01. The van der Waals surface area contributed by atoms with Crippen LogP contribution in [-0.2, 0) is 9.59 Å². The Labute approximate surface area is 138 Å². The number of thiophene rings is 1. The van der Waals surface area contributed by atoms with E-state index in [0.717, 1.165) is 15.8 Å². The second-order valence-corrected chi connectivity index (χ2v) is 6.49. The standard InChI is InChI=1S/C15H20N4O3S/c1-8-9(2)23-15-13(8)14(18-10(3)19-15)17-7-11(20)16-6-4-5-12(21)22/h4-7H2,1-3H3,(H,16,20)(H,21,22)(H,17,18,19). The molecule has 23 heavy (non-hydrogen) atoms. The molecule has 0 radical (unpaired) electrons. The topological polar surface area (TPSA) is 104 Å². The average Bonchev–Trinajstić information content (AvgIpc) is 2.75. The molecule has 2 aromatic heterocycles. The summed E-state index contributed by atoms with van der Waals surface area (Å²) >= 11 is 1.61. The van der Waals surface area contributed by atoms with E-state index < -0.39 is 5.97 Å². The summed E-state index contributed by atoms with van der Waals surface area (Å²) in [6.07, 6.45) is 0.466. The van der Waals surface area contributed by atoms with E-state index >= 15 is 0 Å². The summed E-state index contributed by atoms with van der Waals surface area (Å²) in [6, 6.07) is 0. The minimum Gasteiger partial charge on any atom is -0.481 e. The van der Waals surface area contributed by atoms with E-state index in [2.05, 4.69) is 20.6 Å². The number of carboxylic acid groups (broad SMARTS) is 1. The molecule has 124 valence electrons. The number of aliphatic carboxylic acids is 1. The fraction of sp³-hybridized carbons (Fsp3) is 0.467. The maximum Gasteiger partial charge on any atom is 0.303 e. The van der Waals surface area contributed by atoms with Crippen molar-refractivity contribution in [1.82, 2.24) is 15.3 Å². The fourth-order valence-electron chi connectivity index (χ4n) is 2.18. The lowest BCUT2D eigenvalue weighted by molar-refractivity contribution is -0.137. The fourth-order valence-corrected chi connectivity index (χ4v) is 3.25. The maximum absolute atomic E-state index is 11.8. The minimum absolute atomic E-state index is 0.0484. The number of anilines is 1. The Balaban J connectivity index is 1.99. The molecule has 0 aliphatic carbocycles. The molecular weight excluding hydrogens is 316 g/mol. The largest absolute Gasteiger partial charge is 0.481 e. The van der Waals surface area contributed by atoms with Crippen LogP contribution in [0.2, 0.25) is 0 Å². The van der Waals surface area contributed by atoms with Gasteiger partial charge in [0.2, 0.25) is 5.91 Å². The first-order chi connectivity index (χ1) is 10.9. The highest BCUT2D eigenvalue weighted by Gasteiger charge is 2.14. The van der Waals surface area contributed by atoms with Crippen LogP contribution in [0, 0.1) is 20.8 Å². The number of rotatable bonds is 7. The highest BCUT2D eigenvalue weighted by atomic mass is 32.1. The average molecular weight is 336 g/mol. The second-order valence-electron chi connectivity index (χ2n) is 5.28. The van der Waals surface area contributed by atoms with E-state index in [1.54, 1.807) is 11.3 Å². The van der Waals surface area contributed by atoms with Gasteiger partial charge in [0.15, 0.2) is 0 Å². The minimum atomic E-state index is -0.862. The monoisotopic (exact) mass is 336 g/mol. The molecular formula is C15H20N4O3S. The van der Waals surface area contributed by atoms with Crippen molar-refractivity contribution in [3.63, 3.8) is 0 Å². The van der Waals surface area contributed by atoms with Crippen molar-refractivity contribution in [2.75, 3.05) is 18.4 Å². The highest BCUT2D eigenvalue weighted by molar-refractivity contribution is 7.18. The number of carboxylic acids is 1. The van der Waals surface area contributed by atoms with Gasteiger partial charge in [-0.3, -0.25) is 9.59 Å². The Morgan fingerprint density at radius 2 is 1.96 bits per heavy atom. The quantitative estimate of drug-likeness (QED) is 0.668. The van der Waals surface area contributed by atoms with Gasteiger partial charge in [0.05, 0.1) is 11.9 Å². The lowest BCUT2D eigenvalue weighted by Gasteiger charge is -2.09. The molecule has 8 heteroatoms. The third-order valence-corrected chi connectivity index (χ3v) is 4.55. The van der Waals surface area contributed by atoms with Crippen molar-refractivity contribution in [2.45, 2.75) is 33.6 Å². The Morgan fingerprint density at radius 3 is 2.65 bits per heavy atom. The molecule has 0 aliphatic heterocycles. The van der Waals surface area contributed by atoms with Crippen LogP contribution in [0.1, 0.15) is 29.1 Å². The van der Waals surface area contributed by atoms with Gasteiger partial charge in [-0.15, -0.1) is 11.3 Å². The third kappa shape index (κ3) is 4.38. The summed E-state index contributed by atoms with van der Waals surface area (Å²) < 4.78 is 0. The Kier molecular flexibility index (Phi) is 5.49. The molecule has 3 N–H and O–H groups in total. The van der Waals surface area contributed by atoms with E-state index in [0.29, 0.717) is 24.6 Å². The molecule has 0 spiro atoms. The van der Waals surface area contributed by atoms with Gasteiger partial charge in [-0.25, -0.2) is 9.97 Å². The summed E-state index contributed by atoms with van der Waals surface area (Å²) in [6.45, 7) is 6.31. The summed E-state index contributed by atoms with van der Waals surface area (Å²) in [4.78, 5) is 33.1. The van der Waals surface area contributed by atoms with Gasteiger partial charge in [0, 0.05) is 17.8 Å². The van der Waals surface area contributed by atoms with Crippen LogP contribution in [0.4, 0.5) is 5.82 Å². The number of nitrogens with zero attached hydrogens (tertiary/aromatic N) is 2. The molecule has 0 bridgehead atoms. The molecule has 0 unspecified atom stereocenters. The first-order valence-electron chi connectivity index (χ1n) is 7.35. The molecule has 2 aromatic rings. The first kappa shape index (κ1) is 17.1. The van der Waals surface area contributed by atoms with Crippen LogP contribution in [0.5, 0.6) is 0 Å². The van der Waals surface area contributed by atoms with Gasteiger partial charge in [0.25, 0.3) is 0 Å². The zero-order chi connectivity index (χ0) is 17.0. The van der Waals surface area contributed by atoms with E-state index in [-0.39, 0.29) is 18.9 Å². The summed E-state index contributed by atoms with van der Waals surface area (Å²) in [5, 5.41) is 15.2. The number of hydrogen-bond acceptors (Lipinski definition) is 6. The maximum atomic E-state index is 11.8. The van der Waals surface area contributed by atoms with E-state index in [1.165, 1.54) is 4.88 Å². The Morgan fingerprint density at radius 1 is 1.22 bits per heavy atom. The molecule has 0 aromatic carbocycles. The van der Waals surface area contributed by atoms with Gasteiger partial charge in [-0.1, -0.05) is 0 Å². The number of amides is 1. The predicted molar refractivity (Wildman–Crippen MR) is 90.0 cm³/mol.